The van der Waals surface area contributed by atoms with Crippen molar-refractivity contribution in [3.63, 3.8) is 0 Å². The van der Waals surface area contributed by atoms with Gasteiger partial charge in [0.2, 0.25) is 0 Å². The minimum absolute atomic E-state index is 0.170. The van der Waals surface area contributed by atoms with Crippen molar-refractivity contribution in [2.75, 3.05) is 32.7 Å². The van der Waals surface area contributed by atoms with Crippen LogP contribution in [0.25, 0.3) is 0 Å². The van der Waals surface area contributed by atoms with E-state index < -0.39 is 5.60 Å². The van der Waals surface area contributed by atoms with Crippen LogP contribution in [0.3, 0.4) is 0 Å². The summed E-state index contributed by atoms with van der Waals surface area (Å²) in [5.41, 5.74) is 5.37. The average Bonchev–Trinajstić information content (AvgIpc) is 3.04. The number of carbonyl (C=O) groups is 1. The fourth-order valence-corrected chi connectivity index (χ4v) is 3.34. The van der Waals surface area contributed by atoms with E-state index in [4.69, 9.17) is 10.5 Å². The zero-order valence-corrected chi connectivity index (χ0v) is 14.0. The third-order valence-electron chi connectivity index (χ3n) is 4.76. The highest BCUT2D eigenvalue weighted by atomic mass is 16.6. The van der Waals surface area contributed by atoms with Gasteiger partial charge in [-0.05, 0) is 58.5 Å². The Balaban J connectivity index is 1.82. The molecule has 5 nitrogen and oxygen atoms in total. The van der Waals surface area contributed by atoms with E-state index in [2.05, 4.69) is 11.8 Å². The topological polar surface area (TPSA) is 58.8 Å². The molecule has 0 aromatic heterocycles. The molecule has 0 aromatic rings. The number of nitrogens with two attached hydrogens (primary N) is 1. The average molecular weight is 297 g/mol. The molecule has 2 saturated heterocycles. The molecule has 2 N–H and O–H groups in total. The predicted molar refractivity (Wildman–Crippen MR) is 84.1 cm³/mol. The van der Waals surface area contributed by atoms with Crippen LogP contribution in [0.4, 0.5) is 4.79 Å². The van der Waals surface area contributed by atoms with Crippen LogP contribution in [0.1, 0.15) is 40.5 Å². The summed E-state index contributed by atoms with van der Waals surface area (Å²) in [5, 5.41) is 0. The summed E-state index contributed by atoms with van der Waals surface area (Å²) in [6, 6.07) is 0.493. The van der Waals surface area contributed by atoms with Crippen molar-refractivity contribution >= 4 is 6.09 Å². The van der Waals surface area contributed by atoms with Crippen molar-refractivity contribution < 1.29 is 9.53 Å². The Kier molecular flexibility index (Phi) is 5.15. The lowest BCUT2D eigenvalue weighted by atomic mass is 9.93. The van der Waals surface area contributed by atoms with E-state index in [1.807, 2.05) is 25.7 Å². The van der Waals surface area contributed by atoms with Gasteiger partial charge in [0, 0.05) is 25.7 Å². The van der Waals surface area contributed by atoms with Gasteiger partial charge in [0.1, 0.15) is 5.60 Å². The number of hydrogen-bond donors (Lipinski definition) is 1. The molecule has 2 aliphatic rings. The molecule has 2 fully saturated rings. The fraction of sp³-hybridized carbons (Fsp3) is 0.938. The molecule has 0 saturated carbocycles. The molecular weight excluding hydrogens is 266 g/mol. The van der Waals surface area contributed by atoms with Gasteiger partial charge in [-0.1, -0.05) is 6.92 Å². The van der Waals surface area contributed by atoms with Gasteiger partial charge in [-0.25, -0.2) is 4.79 Å². The fourth-order valence-electron chi connectivity index (χ4n) is 3.34. The van der Waals surface area contributed by atoms with E-state index in [1.54, 1.807) is 0 Å². The van der Waals surface area contributed by atoms with Gasteiger partial charge in [0.05, 0.1) is 0 Å². The van der Waals surface area contributed by atoms with Crippen LogP contribution in [0.2, 0.25) is 0 Å². The second-order valence-corrected chi connectivity index (χ2v) is 7.63. The lowest BCUT2D eigenvalue weighted by Crippen LogP contribution is -2.40. The Labute approximate surface area is 128 Å². The molecule has 5 heteroatoms. The van der Waals surface area contributed by atoms with Crippen LogP contribution in [0, 0.1) is 11.8 Å². The van der Waals surface area contributed by atoms with Gasteiger partial charge in [-0.2, -0.15) is 0 Å². The third kappa shape index (κ3) is 4.33. The van der Waals surface area contributed by atoms with Gasteiger partial charge in [0.25, 0.3) is 0 Å². The first-order valence-electron chi connectivity index (χ1n) is 8.22. The summed E-state index contributed by atoms with van der Waals surface area (Å²) in [7, 11) is 0. The minimum atomic E-state index is -0.412. The first-order chi connectivity index (χ1) is 9.80. The monoisotopic (exact) mass is 297 g/mol. The van der Waals surface area contributed by atoms with Gasteiger partial charge < -0.3 is 15.4 Å². The van der Waals surface area contributed by atoms with Crippen molar-refractivity contribution in [1.29, 1.82) is 0 Å². The zero-order valence-electron chi connectivity index (χ0n) is 14.0. The molecule has 0 aliphatic carbocycles. The maximum atomic E-state index is 12.1. The van der Waals surface area contributed by atoms with Crippen LogP contribution in [0.15, 0.2) is 0 Å². The number of likely N-dealkylation sites (tertiary alicyclic amines) is 2. The maximum Gasteiger partial charge on any atom is 0.410 e. The van der Waals surface area contributed by atoms with Gasteiger partial charge in [-0.3, -0.25) is 4.90 Å². The van der Waals surface area contributed by atoms with Crippen LogP contribution in [0.5, 0.6) is 0 Å². The number of amides is 1. The van der Waals surface area contributed by atoms with E-state index in [9.17, 15) is 4.79 Å². The summed E-state index contributed by atoms with van der Waals surface area (Å²) in [4.78, 5) is 16.5. The van der Waals surface area contributed by atoms with Gasteiger partial charge in [-0.15, -0.1) is 0 Å². The summed E-state index contributed by atoms with van der Waals surface area (Å²) in [6.45, 7) is 12.6. The van der Waals surface area contributed by atoms with Crippen molar-refractivity contribution in [2.24, 2.45) is 17.6 Å². The Morgan fingerprint density at radius 1 is 1.29 bits per heavy atom. The summed E-state index contributed by atoms with van der Waals surface area (Å²) in [6.07, 6.45) is 2.13. The number of rotatable bonds is 3. The molecule has 2 aliphatic heterocycles. The SMILES string of the molecule is CC(CN)C1CCN(C2CCN(C(=O)OC(C)(C)C)C2)C1. The number of carbonyl (C=O) groups excluding carboxylic acids is 1. The van der Waals surface area contributed by atoms with Gasteiger partial charge in [0.15, 0.2) is 0 Å². The first kappa shape index (κ1) is 16.6. The number of nitrogens with zero attached hydrogens (tertiary/aromatic N) is 2. The molecular formula is C16H31N3O2. The van der Waals surface area contributed by atoms with E-state index in [-0.39, 0.29) is 6.09 Å². The lowest BCUT2D eigenvalue weighted by Gasteiger charge is -2.27. The molecule has 3 unspecified atom stereocenters. The smallest absolute Gasteiger partial charge is 0.410 e. The molecule has 21 heavy (non-hydrogen) atoms. The second-order valence-electron chi connectivity index (χ2n) is 7.63. The van der Waals surface area contributed by atoms with Crippen LogP contribution in [-0.2, 0) is 4.74 Å². The molecule has 0 aromatic carbocycles. The number of ether oxygens (including phenoxy) is 1. The highest BCUT2D eigenvalue weighted by molar-refractivity contribution is 5.68. The standard InChI is InChI=1S/C16H31N3O2/c1-12(9-17)13-5-7-18(10-13)14-6-8-19(11-14)15(20)21-16(2,3)4/h12-14H,5-11,17H2,1-4H3. The van der Waals surface area contributed by atoms with Crippen molar-refractivity contribution in [3.05, 3.63) is 0 Å². The van der Waals surface area contributed by atoms with Gasteiger partial charge >= 0.3 is 6.09 Å². The number of hydrogen-bond acceptors (Lipinski definition) is 4. The Morgan fingerprint density at radius 2 is 2.00 bits per heavy atom. The highest BCUT2D eigenvalue weighted by Gasteiger charge is 2.36. The molecule has 0 bridgehead atoms. The van der Waals surface area contributed by atoms with E-state index in [1.165, 1.54) is 6.42 Å². The molecule has 2 rings (SSSR count). The molecule has 3 atom stereocenters. The summed E-state index contributed by atoms with van der Waals surface area (Å²) >= 11 is 0. The Bertz CT molecular complexity index is 367. The summed E-state index contributed by atoms with van der Waals surface area (Å²) in [5.74, 6) is 1.31. The molecule has 2 heterocycles. The van der Waals surface area contributed by atoms with Crippen LogP contribution in [-0.4, -0.2) is 60.3 Å². The van der Waals surface area contributed by atoms with Crippen molar-refractivity contribution in [2.45, 2.75) is 52.2 Å². The first-order valence-corrected chi connectivity index (χ1v) is 8.22. The van der Waals surface area contributed by atoms with Crippen molar-refractivity contribution in [1.82, 2.24) is 9.80 Å². The van der Waals surface area contributed by atoms with Crippen molar-refractivity contribution in [3.8, 4) is 0 Å². The highest BCUT2D eigenvalue weighted by Crippen LogP contribution is 2.28. The molecule has 0 radical (unpaired) electrons. The Morgan fingerprint density at radius 3 is 2.62 bits per heavy atom. The molecule has 122 valence electrons. The third-order valence-corrected chi connectivity index (χ3v) is 4.76. The second kappa shape index (κ2) is 6.53. The minimum Gasteiger partial charge on any atom is -0.444 e. The van der Waals surface area contributed by atoms with Crippen LogP contribution < -0.4 is 5.73 Å². The van der Waals surface area contributed by atoms with E-state index >= 15 is 0 Å². The van der Waals surface area contributed by atoms with E-state index in [0.717, 1.165) is 39.1 Å². The lowest BCUT2D eigenvalue weighted by molar-refractivity contribution is 0.0282. The molecule has 0 spiro atoms. The summed E-state index contributed by atoms with van der Waals surface area (Å²) < 4.78 is 5.46. The van der Waals surface area contributed by atoms with Crippen LogP contribution >= 0.6 is 0 Å². The van der Waals surface area contributed by atoms with E-state index in [0.29, 0.717) is 17.9 Å². The maximum absolute atomic E-state index is 12.1. The molecule has 1 amide bonds. The normalized spacial score (nSPS) is 28.9. The predicted octanol–water partition coefficient (Wildman–Crippen LogP) is 1.91. The largest absolute Gasteiger partial charge is 0.444 e. The quantitative estimate of drug-likeness (QED) is 0.864. The Hall–Kier alpha value is -0.810. The zero-order chi connectivity index (χ0) is 15.6.